The molecule has 0 unspecified atom stereocenters. The number of rotatable bonds is 4. The van der Waals surface area contributed by atoms with E-state index in [9.17, 15) is 0 Å². The molecule has 3 aromatic rings. The predicted octanol–water partition coefficient (Wildman–Crippen LogP) is 4.78. The summed E-state index contributed by atoms with van der Waals surface area (Å²) >= 11 is 5.80. The molecular weight excluding hydrogens is 364 g/mol. The number of hydrogen-bond donors (Lipinski definition) is 1. The van der Waals surface area contributed by atoms with Crippen LogP contribution in [-0.4, -0.2) is 14.7 Å². The van der Waals surface area contributed by atoms with Gasteiger partial charge in [0.25, 0.3) is 0 Å². The molecule has 1 aliphatic rings. The molecule has 0 amide bonds. The molecule has 0 spiro atoms. The molecule has 1 fully saturated rings. The Morgan fingerprint density at radius 2 is 1.86 bits per heavy atom. The van der Waals surface area contributed by atoms with Gasteiger partial charge in [0, 0.05) is 30.3 Å². The van der Waals surface area contributed by atoms with Gasteiger partial charge in [0.2, 0.25) is 0 Å². The van der Waals surface area contributed by atoms with Crippen molar-refractivity contribution in [2.24, 2.45) is 7.05 Å². The van der Waals surface area contributed by atoms with Gasteiger partial charge in [0.1, 0.15) is 0 Å². The number of thiocarbonyl (C=S) groups is 1. The number of benzene rings is 1. The van der Waals surface area contributed by atoms with E-state index in [1.165, 1.54) is 22.5 Å². The second kappa shape index (κ2) is 7.40. The quantitative estimate of drug-likeness (QED) is 0.650. The zero-order valence-corrected chi connectivity index (χ0v) is 17.6. The topological polar surface area (TPSA) is 33.1 Å². The first kappa shape index (κ1) is 18.7. The van der Waals surface area contributed by atoms with Crippen LogP contribution in [0.5, 0.6) is 0 Å². The van der Waals surface area contributed by atoms with Gasteiger partial charge in [-0.3, -0.25) is 4.98 Å². The van der Waals surface area contributed by atoms with E-state index in [4.69, 9.17) is 12.2 Å². The van der Waals surface area contributed by atoms with Crippen molar-refractivity contribution in [1.29, 1.82) is 0 Å². The molecule has 0 saturated carbocycles. The van der Waals surface area contributed by atoms with E-state index in [2.05, 4.69) is 84.0 Å². The number of pyridine rings is 1. The molecule has 1 saturated heterocycles. The summed E-state index contributed by atoms with van der Waals surface area (Å²) in [5.74, 6) is 0. The SMILES string of the molecule is CCc1ccc(N2C(=S)N[C@H](c3ccccn3)[C@@H]2c2cc(C)n(C)c2C)cc1. The summed E-state index contributed by atoms with van der Waals surface area (Å²) in [6.45, 7) is 6.50. The molecule has 2 atom stereocenters. The summed E-state index contributed by atoms with van der Waals surface area (Å²) in [6.07, 6.45) is 2.87. The first-order valence-corrected chi connectivity index (χ1v) is 10.1. The molecule has 1 N–H and O–H groups in total. The Labute approximate surface area is 172 Å². The summed E-state index contributed by atoms with van der Waals surface area (Å²) < 4.78 is 2.24. The summed E-state index contributed by atoms with van der Waals surface area (Å²) in [5, 5.41) is 4.28. The summed E-state index contributed by atoms with van der Waals surface area (Å²) in [4.78, 5) is 6.88. The van der Waals surface area contributed by atoms with Gasteiger partial charge in [0.15, 0.2) is 5.11 Å². The van der Waals surface area contributed by atoms with E-state index < -0.39 is 0 Å². The van der Waals surface area contributed by atoms with Crippen LogP contribution in [0.4, 0.5) is 5.69 Å². The van der Waals surface area contributed by atoms with Gasteiger partial charge in [-0.25, -0.2) is 0 Å². The zero-order valence-electron chi connectivity index (χ0n) is 16.8. The highest BCUT2D eigenvalue weighted by Crippen LogP contribution is 2.43. The Bertz CT molecular complexity index is 991. The fourth-order valence-electron chi connectivity index (χ4n) is 4.03. The lowest BCUT2D eigenvalue weighted by atomic mass is 9.96. The normalized spacial score (nSPS) is 19.1. The summed E-state index contributed by atoms with van der Waals surface area (Å²) in [5.41, 5.74) is 7.22. The lowest BCUT2D eigenvalue weighted by Gasteiger charge is -2.28. The van der Waals surface area contributed by atoms with Crippen molar-refractivity contribution in [2.45, 2.75) is 39.3 Å². The number of aromatic nitrogens is 2. The van der Waals surface area contributed by atoms with Gasteiger partial charge in [-0.2, -0.15) is 0 Å². The van der Waals surface area contributed by atoms with Gasteiger partial charge in [-0.1, -0.05) is 25.1 Å². The molecule has 3 heterocycles. The van der Waals surface area contributed by atoms with Crippen molar-refractivity contribution < 1.29 is 0 Å². The third-order valence-corrected chi connectivity index (χ3v) is 6.17. The van der Waals surface area contributed by atoms with E-state index in [0.717, 1.165) is 22.9 Å². The van der Waals surface area contributed by atoms with Crippen LogP contribution in [0.3, 0.4) is 0 Å². The fraction of sp³-hybridized carbons (Fsp3) is 0.304. The van der Waals surface area contributed by atoms with Gasteiger partial charge in [-0.15, -0.1) is 0 Å². The zero-order chi connectivity index (χ0) is 19.8. The van der Waals surface area contributed by atoms with Crippen molar-refractivity contribution in [3.8, 4) is 0 Å². The van der Waals surface area contributed by atoms with Gasteiger partial charge >= 0.3 is 0 Å². The minimum Gasteiger partial charge on any atom is -0.352 e. The molecule has 2 aromatic heterocycles. The third kappa shape index (κ3) is 3.10. The van der Waals surface area contributed by atoms with Crippen LogP contribution in [-0.2, 0) is 13.5 Å². The van der Waals surface area contributed by atoms with Crippen LogP contribution >= 0.6 is 12.2 Å². The lowest BCUT2D eigenvalue weighted by molar-refractivity contribution is 0.564. The number of hydrogen-bond acceptors (Lipinski definition) is 2. The second-order valence-corrected chi connectivity index (χ2v) is 7.79. The molecule has 0 bridgehead atoms. The van der Waals surface area contributed by atoms with E-state index in [1.54, 1.807) is 0 Å². The molecule has 0 aliphatic carbocycles. The molecule has 28 heavy (non-hydrogen) atoms. The van der Waals surface area contributed by atoms with Gasteiger partial charge in [0.05, 0.1) is 17.8 Å². The Balaban J connectivity index is 1.85. The average molecular weight is 391 g/mol. The minimum atomic E-state index is 0.0000478. The molecule has 4 rings (SSSR count). The van der Waals surface area contributed by atoms with Crippen LogP contribution < -0.4 is 10.2 Å². The number of anilines is 1. The average Bonchev–Trinajstić information content (AvgIpc) is 3.20. The Kier molecular flexibility index (Phi) is 4.94. The maximum atomic E-state index is 5.80. The minimum absolute atomic E-state index is 0.0000478. The van der Waals surface area contributed by atoms with Crippen molar-refractivity contribution in [1.82, 2.24) is 14.9 Å². The smallest absolute Gasteiger partial charge is 0.174 e. The predicted molar refractivity (Wildman–Crippen MR) is 119 cm³/mol. The highest BCUT2D eigenvalue weighted by Gasteiger charge is 2.42. The first-order chi connectivity index (χ1) is 13.5. The summed E-state index contributed by atoms with van der Waals surface area (Å²) in [7, 11) is 2.12. The van der Waals surface area contributed by atoms with Crippen LogP contribution in [0.15, 0.2) is 54.7 Å². The maximum absolute atomic E-state index is 5.80. The van der Waals surface area contributed by atoms with Crippen LogP contribution in [0.1, 0.15) is 47.2 Å². The number of nitrogens with one attached hydrogen (secondary N) is 1. The van der Waals surface area contributed by atoms with Gasteiger partial charge in [-0.05, 0) is 73.9 Å². The van der Waals surface area contributed by atoms with Crippen LogP contribution in [0, 0.1) is 13.8 Å². The van der Waals surface area contributed by atoms with Crippen LogP contribution in [0.2, 0.25) is 0 Å². The van der Waals surface area contributed by atoms with Gasteiger partial charge < -0.3 is 14.8 Å². The molecule has 0 radical (unpaired) electrons. The monoisotopic (exact) mass is 390 g/mol. The first-order valence-electron chi connectivity index (χ1n) is 9.73. The summed E-state index contributed by atoms with van der Waals surface area (Å²) in [6, 6.07) is 17.1. The molecule has 5 heteroatoms. The third-order valence-electron chi connectivity index (χ3n) is 5.85. The Morgan fingerprint density at radius 3 is 2.43 bits per heavy atom. The van der Waals surface area contributed by atoms with E-state index in [1.807, 2.05) is 18.3 Å². The van der Waals surface area contributed by atoms with Crippen molar-refractivity contribution in [2.75, 3.05) is 4.90 Å². The Hall–Kier alpha value is -2.66. The second-order valence-electron chi connectivity index (χ2n) is 7.40. The highest BCUT2D eigenvalue weighted by atomic mass is 32.1. The Morgan fingerprint density at radius 1 is 1.11 bits per heavy atom. The largest absolute Gasteiger partial charge is 0.352 e. The van der Waals surface area contributed by atoms with Crippen molar-refractivity contribution in [3.63, 3.8) is 0 Å². The molecular formula is C23H26N4S. The van der Waals surface area contributed by atoms with Crippen LogP contribution in [0.25, 0.3) is 0 Å². The number of aryl methyl sites for hydroxylation is 2. The highest BCUT2D eigenvalue weighted by molar-refractivity contribution is 7.80. The molecule has 1 aromatic carbocycles. The maximum Gasteiger partial charge on any atom is 0.174 e. The standard InChI is InChI=1S/C23H26N4S/c1-5-17-9-11-18(12-10-17)27-22(19-14-15(2)26(4)16(19)3)21(25-23(27)28)20-8-6-7-13-24-20/h6-14,21-22H,5H2,1-4H3,(H,25,28)/t21-,22+/m1/s1. The van der Waals surface area contributed by atoms with E-state index in [-0.39, 0.29) is 12.1 Å². The molecule has 4 nitrogen and oxygen atoms in total. The molecule has 144 valence electrons. The van der Waals surface area contributed by atoms with E-state index in [0.29, 0.717) is 0 Å². The fourth-order valence-corrected chi connectivity index (χ4v) is 4.37. The lowest BCUT2D eigenvalue weighted by Crippen LogP contribution is -2.29. The number of nitrogens with zero attached hydrogens (tertiary/aromatic N) is 3. The van der Waals surface area contributed by atoms with Crippen molar-refractivity contribution in [3.05, 3.63) is 82.9 Å². The molecule has 1 aliphatic heterocycles. The van der Waals surface area contributed by atoms with Crippen molar-refractivity contribution >= 4 is 23.0 Å². The van der Waals surface area contributed by atoms with E-state index >= 15 is 0 Å².